The molecule has 0 aliphatic carbocycles. The number of nitrogens with zero attached hydrogens (tertiary/aromatic N) is 1. The van der Waals surface area contributed by atoms with Gasteiger partial charge in [0.25, 0.3) is 0 Å². The van der Waals surface area contributed by atoms with Gasteiger partial charge in [-0.25, -0.2) is 9.18 Å². The summed E-state index contributed by atoms with van der Waals surface area (Å²) in [7, 11) is 0. The van der Waals surface area contributed by atoms with Crippen LogP contribution >= 0.6 is 0 Å². The van der Waals surface area contributed by atoms with Crippen LogP contribution in [0.4, 0.5) is 10.1 Å². The molecule has 5 nitrogen and oxygen atoms in total. The van der Waals surface area contributed by atoms with Crippen LogP contribution in [-0.2, 0) is 16.1 Å². The molecule has 0 aliphatic rings. The van der Waals surface area contributed by atoms with E-state index in [2.05, 4.69) is 5.32 Å². The largest absolute Gasteiger partial charge is 0.462 e. The molecule has 0 spiro atoms. The molecule has 2 aromatic carbocycles. The Balaban J connectivity index is 1.86. The average Bonchev–Trinajstić information content (AvgIpc) is 3.07. The van der Waals surface area contributed by atoms with Crippen molar-refractivity contribution in [2.75, 3.05) is 11.9 Å². The van der Waals surface area contributed by atoms with E-state index in [0.717, 1.165) is 28.1 Å². The zero-order valence-electron chi connectivity index (χ0n) is 18.3. The first kappa shape index (κ1) is 22.3. The zero-order valence-corrected chi connectivity index (χ0v) is 18.3. The number of rotatable bonds is 7. The second-order valence-electron chi connectivity index (χ2n) is 7.45. The number of ether oxygens (including phenoxy) is 1. The van der Waals surface area contributed by atoms with E-state index in [-0.39, 0.29) is 24.8 Å². The van der Waals surface area contributed by atoms with Crippen LogP contribution in [0, 0.1) is 26.6 Å². The maximum absolute atomic E-state index is 13.4. The molecule has 3 aromatic rings. The summed E-state index contributed by atoms with van der Waals surface area (Å²) in [5.41, 5.74) is 5.57. The van der Waals surface area contributed by atoms with Crippen molar-refractivity contribution in [2.24, 2.45) is 0 Å². The predicted octanol–water partition coefficient (Wildman–Crippen LogP) is 5.42. The fourth-order valence-electron chi connectivity index (χ4n) is 3.52. The van der Waals surface area contributed by atoms with Gasteiger partial charge in [-0.1, -0.05) is 12.1 Å². The van der Waals surface area contributed by atoms with Gasteiger partial charge in [0.05, 0.1) is 12.2 Å². The summed E-state index contributed by atoms with van der Waals surface area (Å²) in [6.45, 7) is 8.19. The number of esters is 1. The summed E-state index contributed by atoms with van der Waals surface area (Å²) >= 11 is 0. The minimum absolute atomic E-state index is 0.121. The topological polar surface area (TPSA) is 60.3 Å². The van der Waals surface area contributed by atoms with Crippen molar-refractivity contribution in [1.29, 1.82) is 0 Å². The lowest BCUT2D eigenvalue weighted by molar-refractivity contribution is -0.116. The maximum atomic E-state index is 13.4. The Hall–Kier alpha value is -3.41. The molecule has 0 saturated heterocycles. The van der Waals surface area contributed by atoms with Crippen LogP contribution in [0.1, 0.15) is 40.5 Å². The molecule has 6 heteroatoms. The SMILES string of the molecule is CCOC(=O)c1cc(-c2ccc(F)cc2)n(CCC(=O)Nc2cccc(C)c2C)c1C. The Morgan fingerprint density at radius 2 is 1.77 bits per heavy atom. The van der Waals surface area contributed by atoms with Crippen LogP contribution in [-0.4, -0.2) is 23.1 Å². The normalized spacial score (nSPS) is 10.7. The highest BCUT2D eigenvalue weighted by atomic mass is 19.1. The summed E-state index contributed by atoms with van der Waals surface area (Å²) < 4.78 is 20.5. The van der Waals surface area contributed by atoms with Crippen LogP contribution in [0.25, 0.3) is 11.3 Å². The first-order chi connectivity index (χ1) is 14.8. The van der Waals surface area contributed by atoms with Gasteiger partial charge >= 0.3 is 5.97 Å². The molecular weight excluding hydrogens is 395 g/mol. The van der Waals surface area contributed by atoms with Crippen molar-refractivity contribution >= 4 is 17.6 Å². The highest BCUT2D eigenvalue weighted by molar-refractivity contribution is 5.93. The molecule has 0 aliphatic heterocycles. The van der Waals surface area contributed by atoms with Crippen molar-refractivity contribution in [3.05, 3.63) is 76.7 Å². The van der Waals surface area contributed by atoms with Crippen LogP contribution in [0.5, 0.6) is 0 Å². The minimum Gasteiger partial charge on any atom is -0.462 e. The Labute approximate surface area is 181 Å². The summed E-state index contributed by atoms with van der Waals surface area (Å²) in [5.74, 6) is -0.872. The molecule has 1 amide bonds. The molecule has 1 aromatic heterocycles. The number of aryl methyl sites for hydroxylation is 1. The molecule has 0 fully saturated rings. The number of carbonyl (C=O) groups is 2. The number of amides is 1. The van der Waals surface area contributed by atoms with Crippen LogP contribution in [0.3, 0.4) is 0 Å². The van der Waals surface area contributed by atoms with E-state index >= 15 is 0 Å². The molecule has 0 bridgehead atoms. The van der Waals surface area contributed by atoms with Crippen LogP contribution in [0.15, 0.2) is 48.5 Å². The van der Waals surface area contributed by atoms with E-state index in [1.165, 1.54) is 12.1 Å². The van der Waals surface area contributed by atoms with E-state index in [4.69, 9.17) is 4.74 Å². The second-order valence-corrected chi connectivity index (χ2v) is 7.45. The van der Waals surface area contributed by atoms with Crippen molar-refractivity contribution < 1.29 is 18.7 Å². The van der Waals surface area contributed by atoms with Gasteiger partial charge in [-0.05, 0) is 80.8 Å². The van der Waals surface area contributed by atoms with Gasteiger partial charge in [0.2, 0.25) is 5.91 Å². The smallest absolute Gasteiger partial charge is 0.339 e. The summed E-state index contributed by atoms with van der Waals surface area (Å²) in [4.78, 5) is 25.0. The maximum Gasteiger partial charge on any atom is 0.339 e. The second kappa shape index (κ2) is 9.60. The van der Waals surface area contributed by atoms with Gasteiger partial charge < -0.3 is 14.6 Å². The number of nitrogens with one attached hydrogen (secondary N) is 1. The van der Waals surface area contributed by atoms with E-state index < -0.39 is 5.97 Å². The van der Waals surface area contributed by atoms with Crippen molar-refractivity contribution in [1.82, 2.24) is 4.57 Å². The zero-order chi connectivity index (χ0) is 22.5. The fourth-order valence-corrected chi connectivity index (χ4v) is 3.52. The number of halogens is 1. The van der Waals surface area contributed by atoms with E-state index in [1.807, 2.05) is 43.5 Å². The number of benzene rings is 2. The standard InChI is InChI=1S/C25H27FN2O3/c1-5-31-25(30)21-15-23(19-9-11-20(26)12-10-19)28(18(21)4)14-13-24(29)27-22-8-6-7-16(2)17(22)3/h6-12,15H,5,13-14H2,1-4H3,(H,27,29). The molecule has 0 radical (unpaired) electrons. The van der Waals surface area contributed by atoms with Gasteiger partial charge in [0.1, 0.15) is 5.82 Å². The van der Waals surface area contributed by atoms with E-state index in [1.54, 1.807) is 25.1 Å². The van der Waals surface area contributed by atoms with Gasteiger partial charge in [-0.2, -0.15) is 0 Å². The molecule has 0 saturated carbocycles. The number of hydrogen-bond acceptors (Lipinski definition) is 3. The lowest BCUT2D eigenvalue weighted by atomic mass is 10.1. The lowest BCUT2D eigenvalue weighted by Gasteiger charge is -2.14. The minimum atomic E-state index is -0.415. The highest BCUT2D eigenvalue weighted by Crippen LogP contribution is 2.27. The fraction of sp³-hybridized carbons (Fsp3) is 0.280. The third kappa shape index (κ3) is 5.02. The van der Waals surface area contributed by atoms with Crippen molar-refractivity contribution in [3.8, 4) is 11.3 Å². The third-order valence-electron chi connectivity index (χ3n) is 5.44. The molecule has 0 unspecified atom stereocenters. The number of anilines is 1. The predicted molar refractivity (Wildman–Crippen MR) is 120 cm³/mol. The molecule has 1 heterocycles. The summed E-state index contributed by atoms with van der Waals surface area (Å²) in [5, 5.41) is 2.96. The molecule has 0 atom stereocenters. The molecule has 3 rings (SSSR count). The van der Waals surface area contributed by atoms with Gasteiger partial charge in [-0.15, -0.1) is 0 Å². The lowest BCUT2D eigenvalue weighted by Crippen LogP contribution is -2.16. The van der Waals surface area contributed by atoms with Crippen LogP contribution < -0.4 is 5.32 Å². The molecular formula is C25H27FN2O3. The van der Waals surface area contributed by atoms with E-state index in [0.29, 0.717) is 17.8 Å². The summed E-state index contributed by atoms with van der Waals surface area (Å²) in [6, 6.07) is 13.6. The average molecular weight is 423 g/mol. The monoisotopic (exact) mass is 422 g/mol. The molecule has 1 N–H and O–H groups in total. The van der Waals surface area contributed by atoms with Gasteiger partial charge in [-0.3, -0.25) is 4.79 Å². The summed E-state index contributed by atoms with van der Waals surface area (Å²) in [6.07, 6.45) is 0.222. The third-order valence-corrected chi connectivity index (χ3v) is 5.44. The number of aromatic nitrogens is 1. The molecule has 162 valence electrons. The van der Waals surface area contributed by atoms with Gasteiger partial charge in [0, 0.05) is 30.0 Å². The molecule has 31 heavy (non-hydrogen) atoms. The quantitative estimate of drug-likeness (QED) is 0.517. The Morgan fingerprint density at radius 1 is 1.06 bits per heavy atom. The Kier molecular flexibility index (Phi) is 6.90. The highest BCUT2D eigenvalue weighted by Gasteiger charge is 2.20. The number of carbonyl (C=O) groups excluding carboxylic acids is 2. The van der Waals surface area contributed by atoms with Crippen molar-refractivity contribution in [3.63, 3.8) is 0 Å². The number of hydrogen-bond donors (Lipinski definition) is 1. The van der Waals surface area contributed by atoms with Crippen LogP contribution in [0.2, 0.25) is 0 Å². The first-order valence-electron chi connectivity index (χ1n) is 10.3. The van der Waals surface area contributed by atoms with Gasteiger partial charge in [0.15, 0.2) is 0 Å². The first-order valence-corrected chi connectivity index (χ1v) is 10.3. The van der Waals surface area contributed by atoms with Crippen molar-refractivity contribution in [2.45, 2.75) is 40.7 Å². The Morgan fingerprint density at radius 3 is 2.45 bits per heavy atom. The van der Waals surface area contributed by atoms with E-state index in [9.17, 15) is 14.0 Å². The Bertz CT molecular complexity index is 1100.